The van der Waals surface area contributed by atoms with E-state index in [4.69, 9.17) is 0 Å². The van der Waals surface area contributed by atoms with Crippen molar-refractivity contribution in [1.29, 1.82) is 0 Å². The molecule has 0 fully saturated rings. The maximum Gasteiger partial charge on any atom is 0.238 e. The molecule has 2 amide bonds. The quantitative estimate of drug-likeness (QED) is 0.240. The molecule has 6 nitrogen and oxygen atoms in total. The first-order valence-corrected chi connectivity index (χ1v) is 15.3. The first-order valence-electron chi connectivity index (χ1n) is 15.3. The van der Waals surface area contributed by atoms with Gasteiger partial charge >= 0.3 is 0 Å². The second-order valence-corrected chi connectivity index (χ2v) is 15.9. The number of amides is 2. The number of hydrazine groups is 1. The fourth-order valence-corrected chi connectivity index (χ4v) is 5.13. The van der Waals surface area contributed by atoms with Crippen LogP contribution in [-0.4, -0.2) is 22.0 Å². The van der Waals surface area contributed by atoms with E-state index in [2.05, 4.69) is 93.9 Å². The predicted molar refractivity (Wildman–Crippen MR) is 173 cm³/mol. The Morgan fingerprint density at radius 2 is 0.762 bits per heavy atom. The fourth-order valence-electron chi connectivity index (χ4n) is 5.13. The summed E-state index contributed by atoms with van der Waals surface area (Å²) in [5, 5.41) is 21.9. The van der Waals surface area contributed by atoms with E-state index in [-0.39, 0.29) is 46.3 Å². The standard InChI is InChI=1S/C36H56N2O4/c1-33(2,3)25-19-23(20-26(31(25)41)34(4,5)6)15-13-17-29(39)37-38-30(40)18-14-16-24-21-27(35(7,8)9)32(42)28(22-24)36(10,11)12/h19-22,41-42H,13-18H2,1-12H3,(H,37,39)(H,38,40). The van der Waals surface area contributed by atoms with E-state index in [0.29, 0.717) is 37.2 Å². The van der Waals surface area contributed by atoms with Crippen LogP contribution in [-0.2, 0) is 44.1 Å². The van der Waals surface area contributed by atoms with Gasteiger partial charge in [0.25, 0.3) is 0 Å². The highest BCUT2D eigenvalue weighted by Gasteiger charge is 2.28. The molecule has 0 saturated heterocycles. The summed E-state index contributed by atoms with van der Waals surface area (Å²) in [4.78, 5) is 24.9. The van der Waals surface area contributed by atoms with Crippen LogP contribution in [0.3, 0.4) is 0 Å². The van der Waals surface area contributed by atoms with E-state index in [9.17, 15) is 19.8 Å². The molecule has 0 aliphatic heterocycles. The van der Waals surface area contributed by atoms with Crippen molar-refractivity contribution < 1.29 is 19.8 Å². The Bertz CT molecular complexity index is 1100. The minimum Gasteiger partial charge on any atom is -0.507 e. The van der Waals surface area contributed by atoms with Gasteiger partial charge in [0.15, 0.2) is 0 Å². The molecule has 0 aromatic heterocycles. The Hall–Kier alpha value is -3.02. The van der Waals surface area contributed by atoms with Gasteiger partial charge in [-0.25, -0.2) is 0 Å². The number of aromatic hydroxyl groups is 2. The van der Waals surface area contributed by atoms with Crippen molar-refractivity contribution in [2.45, 2.75) is 143 Å². The average molecular weight is 581 g/mol. The van der Waals surface area contributed by atoms with E-state index >= 15 is 0 Å². The molecule has 2 rings (SSSR count). The summed E-state index contributed by atoms with van der Waals surface area (Å²) in [6, 6.07) is 8.20. The average Bonchev–Trinajstić information content (AvgIpc) is 2.81. The third-order valence-electron chi connectivity index (χ3n) is 7.65. The second kappa shape index (κ2) is 13.1. The minimum absolute atomic E-state index is 0.201. The van der Waals surface area contributed by atoms with Crippen LogP contribution >= 0.6 is 0 Å². The lowest BCUT2D eigenvalue weighted by Crippen LogP contribution is -2.41. The van der Waals surface area contributed by atoms with Gasteiger partial charge in [-0.05, 0) is 80.7 Å². The third kappa shape index (κ3) is 9.78. The molecular formula is C36H56N2O4. The van der Waals surface area contributed by atoms with Crippen LogP contribution in [0.25, 0.3) is 0 Å². The number of hydrogen-bond donors (Lipinski definition) is 4. The molecule has 6 heteroatoms. The largest absolute Gasteiger partial charge is 0.507 e. The van der Waals surface area contributed by atoms with Crippen LogP contribution in [0.15, 0.2) is 24.3 Å². The molecule has 0 spiro atoms. The Kier molecular flexibility index (Phi) is 11.0. The van der Waals surface area contributed by atoms with Crippen LogP contribution in [0.4, 0.5) is 0 Å². The molecule has 0 bridgehead atoms. The molecule has 0 aliphatic carbocycles. The lowest BCUT2D eigenvalue weighted by atomic mass is 9.78. The molecule has 0 radical (unpaired) electrons. The number of hydrogen-bond acceptors (Lipinski definition) is 4. The molecule has 0 aliphatic rings. The molecule has 0 heterocycles. The van der Waals surface area contributed by atoms with Gasteiger partial charge in [0.05, 0.1) is 0 Å². The van der Waals surface area contributed by atoms with E-state index < -0.39 is 0 Å². The Labute approximate surface area is 254 Å². The summed E-state index contributed by atoms with van der Waals surface area (Å²) in [7, 11) is 0. The fraction of sp³-hybridized carbons (Fsp3) is 0.611. The molecule has 0 atom stereocenters. The molecule has 2 aromatic rings. The summed E-state index contributed by atoms with van der Waals surface area (Å²) >= 11 is 0. The van der Waals surface area contributed by atoms with Crippen molar-refractivity contribution in [3.05, 3.63) is 57.6 Å². The van der Waals surface area contributed by atoms with Crippen molar-refractivity contribution in [3.63, 3.8) is 0 Å². The summed E-state index contributed by atoms with van der Waals surface area (Å²) in [5.41, 5.74) is 10.2. The first-order chi connectivity index (χ1) is 19.0. The molecule has 42 heavy (non-hydrogen) atoms. The molecule has 4 N–H and O–H groups in total. The molecule has 234 valence electrons. The van der Waals surface area contributed by atoms with Gasteiger partial charge in [-0.3, -0.25) is 20.4 Å². The zero-order chi connectivity index (χ0) is 32.3. The lowest BCUT2D eigenvalue weighted by Gasteiger charge is -2.28. The number of aryl methyl sites for hydroxylation is 2. The van der Waals surface area contributed by atoms with Crippen LogP contribution in [0, 0.1) is 0 Å². The summed E-state index contributed by atoms with van der Waals surface area (Å²) < 4.78 is 0. The van der Waals surface area contributed by atoms with Crippen LogP contribution in [0.2, 0.25) is 0 Å². The summed E-state index contributed by atoms with van der Waals surface area (Å²) in [6.07, 6.45) is 3.24. The van der Waals surface area contributed by atoms with E-state index in [1.165, 1.54) is 0 Å². The Morgan fingerprint density at radius 1 is 0.524 bits per heavy atom. The number of rotatable bonds is 8. The monoisotopic (exact) mass is 580 g/mol. The van der Waals surface area contributed by atoms with Crippen molar-refractivity contribution in [2.24, 2.45) is 0 Å². The van der Waals surface area contributed by atoms with Crippen LogP contribution in [0.1, 0.15) is 142 Å². The summed E-state index contributed by atoms with van der Waals surface area (Å²) in [6.45, 7) is 25.1. The van der Waals surface area contributed by atoms with Gasteiger partial charge in [0, 0.05) is 12.8 Å². The van der Waals surface area contributed by atoms with Crippen molar-refractivity contribution in [3.8, 4) is 11.5 Å². The number of nitrogens with one attached hydrogen (secondary N) is 2. The van der Waals surface area contributed by atoms with Gasteiger partial charge in [0.1, 0.15) is 11.5 Å². The molecule has 2 aromatic carbocycles. The molecule has 0 saturated carbocycles. The van der Waals surface area contributed by atoms with Crippen molar-refractivity contribution in [2.75, 3.05) is 0 Å². The number of phenols is 2. The second-order valence-electron chi connectivity index (χ2n) is 15.9. The highest BCUT2D eigenvalue weighted by molar-refractivity contribution is 5.81. The topological polar surface area (TPSA) is 98.7 Å². The lowest BCUT2D eigenvalue weighted by molar-refractivity contribution is -0.129. The normalized spacial score (nSPS) is 12.8. The van der Waals surface area contributed by atoms with E-state index in [1.54, 1.807) is 0 Å². The maximum atomic E-state index is 12.4. The zero-order valence-corrected chi connectivity index (χ0v) is 28.3. The van der Waals surface area contributed by atoms with Crippen LogP contribution in [0.5, 0.6) is 11.5 Å². The van der Waals surface area contributed by atoms with Gasteiger partial charge in [-0.15, -0.1) is 0 Å². The minimum atomic E-state index is -0.225. The molecule has 0 unspecified atom stereocenters. The first kappa shape index (κ1) is 35.2. The van der Waals surface area contributed by atoms with Gasteiger partial charge in [-0.2, -0.15) is 0 Å². The number of benzene rings is 2. The SMILES string of the molecule is CC(C)(C)c1cc(CCCC(=O)NNC(=O)CCCc2cc(C(C)(C)C)c(O)c(C(C)(C)C)c2)cc(C(C)(C)C)c1O. The van der Waals surface area contributed by atoms with Gasteiger partial charge in [0.2, 0.25) is 11.8 Å². The number of phenolic OH excluding ortho intramolecular Hbond substituents is 2. The van der Waals surface area contributed by atoms with E-state index in [1.807, 2.05) is 24.3 Å². The Balaban J connectivity index is 1.91. The van der Waals surface area contributed by atoms with Crippen molar-refractivity contribution >= 4 is 11.8 Å². The smallest absolute Gasteiger partial charge is 0.238 e. The highest BCUT2D eigenvalue weighted by Crippen LogP contribution is 2.41. The Morgan fingerprint density at radius 3 is 0.976 bits per heavy atom. The molecular weight excluding hydrogens is 524 g/mol. The van der Waals surface area contributed by atoms with Crippen LogP contribution < -0.4 is 10.9 Å². The zero-order valence-electron chi connectivity index (χ0n) is 28.3. The number of carbonyl (C=O) groups excluding carboxylic acids is 2. The van der Waals surface area contributed by atoms with Crippen molar-refractivity contribution in [1.82, 2.24) is 10.9 Å². The third-order valence-corrected chi connectivity index (χ3v) is 7.65. The van der Waals surface area contributed by atoms with Gasteiger partial charge in [-0.1, -0.05) is 107 Å². The van der Waals surface area contributed by atoms with Gasteiger partial charge < -0.3 is 10.2 Å². The van der Waals surface area contributed by atoms with E-state index in [0.717, 1.165) is 33.4 Å². The number of carbonyl (C=O) groups is 2. The highest BCUT2D eigenvalue weighted by atomic mass is 16.3. The summed E-state index contributed by atoms with van der Waals surface area (Å²) in [5.74, 6) is 0.262. The predicted octanol–water partition coefficient (Wildman–Crippen LogP) is 7.78. The maximum absolute atomic E-state index is 12.4.